The summed E-state index contributed by atoms with van der Waals surface area (Å²) in [4.78, 5) is 11.1. The van der Waals surface area contributed by atoms with Gasteiger partial charge in [-0.15, -0.1) is 0 Å². The molecule has 1 heterocycles. The van der Waals surface area contributed by atoms with Crippen molar-refractivity contribution in [3.8, 4) is 0 Å². The molecule has 6 nitrogen and oxygen atoms in total. The van der Waals surface area contributed by atoms with Crippen LogP contribution in [0.5, 0.6) is 0 Å². The van der Waals surface area contributed by atoms with Crippen LogP contribution in [0.3, 0.4) is 0 Å². The van der Waals surface area contributed by atoms with E-state index in [1.165, 1.54) is 0 Å². The van der Waals surface area contributed by atoms with Crippen LogP contribution in [0, 0.1) is 0 Å². The van der Waals surface area contributed by atoms with Crippen LogP contribution >= 0.6 is 11.5 Å². The van der Waals surface area contributed by atoms with Gasteiger partial charge >= 0.3 is 0 Å². The highest BCUT2D eigenvalue weighted by atomic mass is 32.1. The van der Waals surface area contributed by atoms with Crippen molar-refractivity contribution in [3.05, 3.63) is 0 Å². The number of anilines is 1. The van der Waals surface area contributed by atoms with Crippen molar-refractivity contribution in [3.63, 3.8) is 0 Å². The molecule has 7 heteroatoms. The molecular formula is C5H9N5OS. The van der Waals surface area contributed by atoms with Gasteiger partial charge in [-0.1, -0.05) is 16.5 Å². The van der Waals surface area contributed by atoms with Gasteiger partial charge in [0, 0.05) is 11.5 Å². The summed E-state index contributed by atoms with van der Waals surface area (Å²) < 4.78 is 3.49. The number of rotatable bonds is 3. The molecule has 1 rings (SSSR count). The van der Waals surface area contributed by atoms with Gasteiger partial charge in [0.2, 0.25) is 11.0 Å². The Bertz CT molecular complexity index is 248. The molecule has 12 heavy (non-hydrogen) atoms. The summed E-state index contributed by atoms with van der Waals surface area (Å²) in [6.07, 6.45) is 0.595. The van der Waals surface area contributed by atoms with E-state index >= 15 is 0 Å². The van der Waals surface area contributed by atoms with Crippen LogP contribution in [0.25, 0.3) is 0 Å². The van der Waals surface area contributed by atoms with Gasteiger partial charge < -0.3 is 5.73 Å². The van der Waals surface area contributed by atoms with Gasteiger partial charge in [0.1, 0.15) is 0 Å². The lowest BCUT2D eigenvalue weighted by molar-refractivity contribution is -0.117. The molecule has 0 aliphatic heterocycles. The molecule has 66 valence electrons. The van der Waals surface area contributed by atoms with Gasteiger partial charge in [0.15, 0.2) is 0 Å². The molecule has 0 saturated heterocycles. The zero-order valence-electron chi connectivity index (χ0n) is 6.52. The molecule has 0 bridgehead atoms. The molecule has 0 saturated carbocycles. The van der Waals surface area contributed by atoms with E-state index in [-0.39, 0.29) is 5.91 Å². The summed E-state index contributed by atoms with van der Waals surface area (Å²) in [6, 6.07) is -0.492. The van der Waals surface area contributed by atoms with E-state index in [0.29, 0.717) is 11.6 Å². The molecule has 0 spiro atoms. The molecule has 0 fully saturated rings. The summed E-state index contributed by atoms with van der Waals surface area (Å²) in [5.41, 5.74) is 5.46. The second kappa shape index (κ2) is 4.07. The predicted molar refractivity (Wildman–Crippen MR) is 44.6 cm³/mol. The van der Waals surface area contributed by atoms with E-state index in [9.17, 15) is 4.79 Å². The number of hydrogen-bond donors (Lipinski definition) is 2. The Hall–Kier alpha value is -1.08. The van der Waals surface area contributed by atoms with Crippen molar-refractivity contribution in [2.75, 3.05) is 5.32 Å². The molecule has 1 aromatic heterocycles. The summed E-state index contributed by atoms with van der Waals surface area (Å²) >= 11 is 1.02. The first kappa shape index (κ1) is 9.01. The Morgan fingerprint density at radius 1 is 1.83 bits per heavy atom. The van der Waals surface area contributed by atoms with Crippen molar-refractivity contribution in [2.45, 2.75) is 19.4 Å². The SMILES string of the molecule is CC[C@H](N)C(=O)Nc1nnns1. The van der Waals surface area contributed by atoms with Crippen LogP contribution in [0.15, 0.2) is 0 Å². The maximum atomic E-state index is 11.1. The predicted octanol–water partition coefficient (Wildman–Crippen LogP) is -0.391. The smallest absolute Gasteiger partial charge is 0.243 e. The van der Waals surface area contributed by atoms with Gasteiger partial charge in [-0.05, 0) is 11.6 Å². The number of nitrogens with zero attached hydrogens (tertiary/aromatic N) is 3. The number of nitrogens with one attached hydrogen (secondary N) is 1. The normalized spacial score (nSPS) is 12.5. The molecule has 0 radical (unpaired) electrons. The van der Waals surface area contributed by atoms with Crippen LogP contribution in [0.4, 0.5) is 5.13 Å². The van der Waals surface area contributed by atoms with Crippen LogP contribution in [0.2, 0.25) is 0 Å². The molecule has 0 aliphatic rings. The largest absolute Gasteiger partial charge is 0.320 e. The lowest BCUT2D eigenvalue weighted by atomic mass is 10.2. The van der Waals surface area contributed by atoms with Gasteiger partial charge in [-0.25, -0.2) is 0 Å². The van der Waals surface area contributed by atoms with Crippen LogP contribution in [0.1, 0.15) is 13.3 Å². The van der Waals surface area contributed by atoms with Crippen molar-refractivity contribution in [1.82, 2.24) is 14.8 Å². The van der Waals surface area contributed by atoms with Gasteiger partial charge in [-0.2, -0.15) is 0 Å². The first-order valence-electron chi connectivity index (χ1n) is 3.45. The molecule has 0 aromatic carbocycles. The fourth-order valence-electron chi connectivity index (χ4n) is 0.565. The highest BCUT2D eigenvalue weighted by Crippen LogP contribution is 2.04. The zero-order valence-corrected chi connectivity index (χ0v) is 7.34. The number of nitrogens with two attached hydrogens (primary N) is 1. The van der Waals surface area contributed by atoms with E-state index in [0.717, 1.165) is 11.5 Å². The number of carbonyl (C=O) groups is 1. The quantitative estimate of drug-likeness (QED) is 0.672. The Morgan fingerprint density at radius 3 is 3.08 bits per heavy atom. The molecule has 1 aromatic rings. The average Bonchev–Trinajstić information content (AvgIpc) is 2.55. The summed E-state index contributed by atoms with van der Waals surface area (Å²) in [6.45, 7) is 1.84. The van der Waals surface area contributed by atoms with Crippen molar-refractivity contribution in [1.29, 1.82) is 0 Å². The first-order chi connectivity index (χ1) is 5.74. The minimum absolute atomic E-state index is 0.254. The molecule has 1 atom stereocenters. The highest BCUT2D eigenvalue weighted by Gasteiger charge is 2.12. The maximum absolute atomic E-state index is 11.1. The van der Waals surface area contributed by atoms with Gasteiger partial charge in [-0.3, -0.25) is 10.1 Å². The first-order valence-corrected chi connectivity index (χ1v) is 4.23. The lowest BCUT2D eigenvalue weighted by Crippen LogP contribution is -2.34. The van der Waals surface area contributed by atoms with Crippen molar-refractivity contribution >= 4 is 22.6 Å². The van der Waals surface area contributed by atoms with Crippen molar-refractivity contribution < 1.29 is 4.79 Å². The third kappa shape index (κ3) is 2.21. The van der Waals surface area contributed by atoms with E-state index < -0.39 is 6.04 Å². The number of hydrogen-bond acceptors (Lipinski definition) is 6. The number of amides is 1. The minimum atomic E-state index is -0.492. The van der Waals surface area contributed by atoms with Gasteiger partial charge in [0.25, 0.3) is 0 Å². The minimum Gasteiger partial charge on any atom is -0.320 e. The Balaban J connectivity index is 2.47. The van der Waals surface area contributed by atoms with Crippen molar-refractivity contribution in [2.24, 2.45) is 5.73 Å². The van der Waals surface area contributed by atoms with E-state index in [1.807, 2.05) is 6.92 Å². The Morgan fingerprint density at radius 2 is 2.58 bits per heavy atom. The topological polar surface area (TPSA) is 93.8 Å². The second-order valence-corrected chi connectivity index (χ2v) is 2.90. The third-order valence-electron chi connectivity index (χ3n) is 1.31. The fraction of sp³-hybridized carbons (Fsp3) is 0.600. The van der Waals surface area contributed by atoms with Crippen LogP contribution in [-0.2, 0) is 4.79 Å². The van der Waals surface area contributed by atoms with E-state index in [2.05, 4.69) is 20.1 Å². The standard InChI is InChI=1S/C5H9N5OS/c1-2-3(6)4(11)7-5-8-9-10-12-5/h3H,2,6H2,1H3,(H,7,8,10,11)/t3-/m0/s1. The fourth-order valence-corrected chi connectivity index (χ4v) is 0.935. The molecule has 0 aliphatic carbocycles. The Labute approximate surface area is 73.3 Å². The molecule has 1 amide bonds. The molecular weight excluding hydrogens is 178 g/mol. The monoisotopic (exact) mass is 187 g/mol. The van der Waals surface area contributed by atoms with Crippen LogP contribution < -0.4 is 11.1 Å². The third-order valence-corrected chi connectivity index (χ3v) is 1.82. The number of carbonyl (C=O) groups excluding carboxylic acids is 1. The maximum Gasteiger partial charge on any atom is 0.243 e. The molecule has 3 N–H and O–H groups in total. The zero-order chi connectivity index (χ0) is 8.97. The second-order valence-electron chi connectivity index (χ2n) is 2.17. The highest BCUT2D eigenvalue weighted by molar-refractivity contribution is 7.09. The van der Waals surface area contributed by atoms with Gasteiger partial charge in [0.05, 0.1) is 6.04 Å². The van der Waals surface area contributed by atoms with Crippen LogP contribution in [-0.4, -0.2) is 26.7 Å². The van der Waals surface area contributed by atoms with E-state index in [1.54, 1.807) is 0 Å². The van der Waals surface area contributed by atoms with E-state index in [4.69, 9.17) is 5.73 Å². The molecule has 0 unspecified atom stereocenters. The summed E-state index contributed by atoms with van der Waals surface area (Å²) in [5, 5.41) is 9.74. The Kier molecular flexibility index (Phi) is 3.06. The summed E-state index contributed by atoms with van der Waals surface area (Å²) in [7, 11) is 0. The summed E-state index contributed by atoms with van der Waals surface area (Å²) in [5.74, 6) is -0.254. The lowest BCUT2D eigenvalue weighted by Gasteiger charge is -2.05. The average molecular weight is 187 g/mol. The number of aromatic nitrogens is 3.